The first-order valence-electron chi connectivity index (χ1n) is 15.2. The molecule has 3 aliphatic heterocycles. The monoisotopic (exact) mass is 621 g/mol. The fraction of sp³-hybridized carbons (Fsp3) is 0.286. The molecular weight excluding hydrogens is 586 g/mol. The van der Waals surface area contributed by atoms with Gasteiger partial charge in [0.25, 0.3) is 11.5 Å². The fourth-order valence-electron chi connectivity index (χ4n) is 6.59. The molecule has 0 saturated carbocycles. The second kappa shape index (κ2) is 11.9. The molecule has 4 heterocycles. The Hall–Kier alpha value is -4.83. The lowest BCUT2D eigenvalue weighted by molar-refractivity contribution is 0.0951. The van der Waals surface area contributed by atoms with Crippen LogP contribution in [0.2, 0.25) is 0 Å². The number of thiocarbonyl (C=S) groups is 1. The number of carbonyl (C=O) groups is 1. The molecule has 1 aromatic heterocycles. The molecule has 9 nitrogen and oxygen atoms in total. The van der Waals surface area contributed by atoms with Crippen LogP contribution in [0.4, 0.5) is 17.1 Å². The molecule has 10 heteroatoms. The topological polar surface area (TPSA) is 96.9 Å². The zero-order valence-corrected chi connectivity index (χ0v) is 26.1. The molecule has 1 fully saturated rings. The average Bonchev–Trinajstić information content (AvgIpc) is 3.50. The molecule has 1 saturated heterocycles. The van der Waals surface area contributed by atoms with Gasteiger partial charge in [0.1, 0.15) is 0 Å². The lowest BCUT2D eigenvalue weighted by atomic mass is 9.83. The number of amides is 1. The van der Waals surface area contributed by atoms with Crippen LogP contribution >= 0.6 is 12.2 Å². The van der Waals surface area contributed by atoms with E-state index in [0.29, 0.717) is 41.2 Å². The van der Waals surface area contributed by atoms with Gasteiger partial charge in [-0.15, -0.1) is 0 Å². The van der Waals surface area contributed by atoms with Crippen molar-refractivity contribution in [2.24, 2.45) is 5.92 Å². The van der Waals surface area contributed by atoms with E-state index in [-0.39, 0.29) is 24.2 Å². The number of nitrogens with one attached hydrogen (secondary N) is 3. The minimum absolute atomic E-state index is 0.0666. The lowest BCUT2D eigenvalue weighted by Gasteiger charge is -2.44. The number of piperidine rings is 1. The summed E-state index contributed by atoms with van der Waals surface area (Å²) >= 11 is 5.76. The first-order valence-corrected chi connectivity index (χ1v) is 15.6. The zero-order valence-electron chi connectivity index (χ0n) is 25.3. The van der Waals surface area contributed by atoms with Crippen LogP contribution in [0, 0.1) is 19.8 Å². The van der Waals surface area contributed by atoms with Crippen molar-refractivity contribution >= 4 is 40.3 Å². The summed E-state index contributed by atoms with van der Waals surface area (Å²) in [6.45, 7) is 6.98. The van der Waals surface area contributed by atoms with Crippen LogP contribution in [0.15, 0.2) is 77.6 Å². The molecule has 1 amide bonds. The van der Waals surface area contributed by atoms with Crippen LogP contribution in [0.5, 0.6) is 11.5 Å². The van der Waals surface area contributed by atoms with Gasteiger partial charge >= 0.3 is 0 Å². The first kappa shape index (κ1) is 28.9. The number of carbonyl (C=O) groups excluding carboxylic acids is 1. The molecule has 0 spiro atoms. The van der Waals surface area contributed by atoms with Gasteiger partial charge in [0.15, 0.2) is 16.6 Å². The molecule has 4 aromatic rings. The number of fused-ring (bicyclic) bond motifs is 5. The number of aromatic nitrogens is 1. The predicted octanol–water partition coefficient (Wildman–Crippen LogP) is 5.56. The highest BCUT2D eigenvalue weighted by molar-refractivity contribution is 7.80. The third-order valence-corrected chi connectivity index (χ3v) is 9.19. The largest absolute Gasteiger partial charge is 0.454 e. The maximum Gasteiger partial charge on any atom is 0.251 e. The highest BCUT2D eigenvalue weighted by Gasteiger charge is 2.35. The van der Waals surface area contributed by atoms with E-state index in [1.165, 1.54) is 11.1 Å². The van der Waals surface area contributed by atoms with E-state index < -0.39 is 0 Å². The van der Waals surface area contributed by atoms with Crippen molar-refractivity contribution in [3.05, 3.63) is 111 Å². The molecule has 7 rings (SSSR count). The number of ether oxygens (including phenoxy) is 2. The van der Waals surface area contributed by atoms with Crippen molar-refractivity contribution in [2.75, 3.05) is 35.4 Å². The summed E-state index contributed by atoms with van der Waals surface area (Å²) in [5, 5.41) is 10.2. The number of hydrogen-bond donors (Lipinski definition) is 3. The van der Waals surface area contributed by atoms with E-state index >= 15 is 0 Å². The minimum atomic E-state index is -0.195. The molecule has 2 unspecified atom stereocenters. The summed E-state index contributed by atoms with van der Waals surface area (Å²) in [4.78, 5) is 28.3. The Bertz CT molecular complexity index is 1870. The number of benzene rings is 3. The molecule has 2 atom stereocenters. The Morgan fingerprint density at radius 1 is 0.911 bits per heavy atom. The van der Waals surface area contributed by atoms with Gasteiger partial charge in [0.05, 0.1) is 11.4 Å². The third-order valence-electron chi connectivity index (χ3n) is 8.98. The normalized spacial score (nSPS) is 17.8. The quantitative estimate of drug-likeness (QED) is 0.241. The minimum Gasteiger partial charge on any atom is -0.454 e. The van der Waals surface area contributed by atoms with Gasteiger partial charge in [0.2, 0.25) is 6.79 Å². The second-order valence-corrected chi connectivity index (χ2v) is 12.5. The Morgan fingerprint density at radius 3 is 2.64 bits per heavy atom. The van der Waals surface area contributed by atoms with Gasteiger partial charge in [-0.3, -0.25) is 9.59 Å². The van der Waals surface area contributed by atoms with E-state index in [1.807, 2.05) is 53.1 Å². The fourth-order valence-corrected chi connectivity index (χ4v) is 6.81. The maximum absolute atomic E-state index is 13.4. The van der Waals surface area contributed by atoms with Gasteiger partial charge in [0, 0.05) is 55.1 Å². The average molecular weight is 622 g/mol. The van der Waals surface area contributed by atoms with Gasteiger partial charge in [-0.25, -0.2) is 0 Å². The zero-order chi connectivity index (χ0) is 31.1. The van der Waals surface area contributed by atoms with Crippen LogP contribution in [0.3, 0.4) is 0 Å². The number of hydrogen-bond acceptors (Lipinski definition) is 6. The smallest absolute Gasteiger partial charge is 0.251 e. The van der Waals surface area contributed by atoms with Crippen LogP contribution in [0.25, 0.3) is 0 Å². The molecule has 3 aromatic carbocycles. The van der Waals surface area contributed by atoms with E-state index in [4.69, 9.17) is 21.7 Å². The van der Waals surface area contributed by atoms with Gasteiger partial charge in [-0.2, -0.15) is 0 Å². The summed E-state index contributed by atoms with van der Waals surface area (Å²) in [5.41, 5.74) is 7.58. The Morgan fingerprint density at radius 2 is 1.78 bits per heavy atom. The SMILES string of the molecule is Cc1ccc(NC(=S)Nc2cc(C(=O)NCc3ccc4c(c3)OCO4)ccc2N2CC3CC(C2)c2cccc(=O)n2C3)cc1C. The maximum atomic E-state index is 13.4. The van der Waals surface area contributed by atoms with E-state index in [9.17, 15) is 9.59 Å². The van der Waals surface area contributed by atoms with Gasteiger partial charge in [-0.1, -0.05) is 18.2 Å². The molecule has 3 aliphatic rings. The molecule has 0 aliphatic carbocycles. The van der Waals surface area contributed by atoms with Crippen LogP contribution in [0.1, 0.15) is 45.1 Å². The van der Waals surface area contributed by atoms with Crippen LogP contribution in [-0.4, -0.2) is 35.5 Å². The Kier molecular flexibility index (Phi) is 7.66. The highest BCUT2D eigenvalue weighted by Crippen LogP contribution is 2.39. The number of anilines is 3. The molecule has 3 N–H and O–H groups in total. The van der Waals surface area contributed by atoms with Crippen molar-refractivity contribution in [3.8, 4) is 11.5 Å². The number of rotatable bonds is 6. The summed E-state index contributed by atoms with van der Waals surface area (Å²) < 4.78 is 12.8. The van der Waals surface area contributed by atoms with Crippen molar-refractivity contribution in [1.29, 1.82) is 0 Å². The number of aryl methyl sites for hydroxylation is 2. The van der Waals surface area contributed by atoms with E-state index in [2.05, 4.69) is 52.9 Å². The standard InChI is InChI=1S/C35H35N5O4S/c1-21-6-9-27(12-22(21)2)37-35(45)38-28-15-25(34(42)36-16-23-7-11-31-32(14-23)44-20-43-31)8-10-30(28)39-17-24-13-26(19-39)29-4-3-5-33(41)40(29)18-24/h3-12,14-15,24,26H,13,16-20H2,1-2H3,(H,36,42)(H2,37,38,45). The number of pyridine rings is 1. The Labute approximate surface area is 267 Å². The van der Waals surface area contributed by atoms with Crippen molar-refractivity contribution < 1.29 is 14.3 Å². The first-order chi connectivity index (χ1) is 21.8. The van der Waals surface area contributed by atoms with Crippen molar-refractivity contribution in [1.82, 2.24) is 9.88 Å². The molecule has 45 heavy (non-hydrogen) atoms. The van der Waals surface area contributed by atoms with E-state index in [1.54, 1.807) is 6.07 Å². The highest BCUT2D eigenvalue weighted by atomic mass is 32.1. The number of nitrogens with zero attached hydrogens (tertiary/aromatic N) is 2. The van der Waals surface area contributed by atoms with E-state index in [0.717, 1.165) is 47.8 Å². The molecule has 230 valence electrons. The van der Waals surface area contributed by atoms with Crippen molar-refractivity contribution in [2.45, 2.75) is 39.3 Å². The second-order valence-electron chi connectivity index (χ2n) is 12.1. The van der Waals surface area contributed by atoms with Crippen LogP contribution in [-0.2, 0) is 13.1 Å². The van der Waals surface area contributed by atoms with Crippen molar-refractivity contribution in [3.63, 3.8) is 0 Å². The van der Waals surface area contributed by atoms with Gasteiger partial charge in [-0.05, 0) is 104 Å². The summed E-state index contributed by atoms with van der Waals surface area (Å²) in [7, 11) is 0. The Balaban J connectivity index is 1.14. The summed E-state index contributed by atoms with van der Waals surface area (Å²) in [6, 6.07) is 23.1. The predicted molar refractivity (Wildman–Crippen MR) is 180 cm³/mol. The third kappa shape index (κ3) is 5.98. The molecule has 0 radical (unpaired) electrons. The van der Waals surface area contributed by atoms with Crippen LogP contribution < -0.4 is 35.9 Å². The van der Waals surface area contributed by atoms with Gasteiger partial charge < -0.3 is 34.9 Å². The summed E-state index contributed by atoms with van der Waals surface area (Å²) in [6.07, 6.45) is 1.05. The molecular formula is C35H35N5O4S. The summed E-state index contributed by atoms with van der Waals surface area (Å²) in [5.74, 6) is 1.78. The lowest BCUT2D eigenvalue weighted by Crippen LogP contribution is -2.47. The molecule has 2 bridgehead atoms.